The lowest BCUT2D eigenvalue weighted by Crippen LogP contribution is -2.16. The first kappa shape index (κ1) is 24.0. The van der Waals surface area contributed by atoms with Crippen molar-refractivity contribution in [3.05, 3.63) is 76.8 Å². The zero-order valence-corrected chi connectivity index (χ0v) is 20.2. The average molecular weight is 519 g/mol. The Morgan fingerprint density at radius 3 is 2.69 bits per heavy atom. The smallest absolute Gasteiger partial charge is 0.234 e. The molecule has 168 valence electrons. The average Bonchev–Trinajstić information content (AvgIpc) is 3.15. The number of halogens is 2. The highest BCUT2D eigenvalue weighted by Crippen LogP contribution is 2.23. The van der Waals surface area contributed by atoms with Crippen LogP contribution in [-0.4, -0.2) is 26.4 Å². The Bertz CT molecular complexity index is 1090. The predicted octanol–water partition coefficient (Wildman–Crippen LogP) is 5.80. The maximum Gasteiger partial charge on any atom is 0.234 e. The third kappa shape index (κ3) is 6.43. The van der Waals surface area contributed by atoms with Crippen molar-refractivity contribution < 1.29 is 13.9 Å². The highest BCUT2D eigenvalue weighted by atomic mass is 79.9. The summed E-state index contributed by atoms with van der Waals surface area (Å²) in [6.45, 7) is 8.77. The molecule has 9 heteroatoms. The number of carbonyl (C=O) groups excluding carboxylic acids is 1. The van der Waals surface area contributed by atoms with E-state index in [1.807, 2.05) is 28.8 Å². The molecule has 0 bridgehead atoms. The Morgan fingerprint density at radius 2 is 2.03 bits per heavy atom. The van der Waals surface area contributed by atoms with E-state index in [0.29, 0.717) is 27.9 Å². The van der Waals surface area contributed by atoms with Gasteiger partial charge in [-0.15, -0.1) is 16.8 Å². The van der Waals surface area contributed by atoms with Crippen LogP contribution in [0.5, 0.6) is 5.75 Å². The number of rotatable bonds is 10. The minimum atomic E-state index is -0.506. The second-order valence-electron chi connectivity index (χ2n) is 7.27. The van der Waals surface area contributed by atoms with Gasteiger partial charge in [0, 0.05) is 11.0 Å². The third-order valence-corrected chi connectivity index (χ3v) is 6.02. The van der Waals surface area contributed by atoms with E-state index in [2.05, 4.69) is 51.9 Å². The number of nitrogens with zero attached hydrogens (tertiary/aromatic N) is 3. The molecule has 0 unspecified atom stereocenters. The summed E-state index contributed by atoms with van der Waals surface area (Å²) in [5.41, 5.74) is 1.37. The molecule has 3 rings (SSSR count). The first-order valence-electron chi connectivity index (χ1n) is 10.0. The van der Waals surface area contributed by atoms with Crippen LogP contribution in [-0.2, 0) is 17.9 Å². The normalized spacial score (nSPS) is 10.9. The molecule has 0 radical (unpaired) electrons. The van der Waals surface area contributed by atoms with Crippen molar-refractivity contribution in [1.82, 2.24) is 14.8 Å². The summed E-state index contributed by atoms with van der Waals surface area (Å²) in [5.74, 6) is 1.03. The standard InChI is InChI=1S/C23H24BrFN4O2S/c1-4-11-29-21(13-31-18-8-5-16(6-9-18)15(2)3)27-28-23(29)32-14-22(30)26-20-10-7-17(24)12-19(20)25/h4-10,12,15H,1,11,13-14H2,2-3H3,(H,26,30). The molecule has 2 aromatic carbocycles. The monoisotopic (exact) mass is 518 g/mol. The van der Waals surface area contributed by atoms with Gasteiger partial charge in [-0.1, -0.05) is 59.7 Å². The van der Waals surface area contributed by atoms with Gasteiger partial charge in [0.15, 0.2) is 11.0 Å². The zero-order chi connectivity index (χ0) is 23.1. The maximum atomic E-state index is 13.9. The summed E-state index contributed by atoms with van der Waals surface area (Å²) >= 11 is 4.41. The van der Waals surface area contributed by atoms with E-state index in [1.165, 1.54) is 29.5 Å². The van der Waals surface area contributed by atoms with E-state index in [1.54, 1.807) is 12.1 Å². The number of thioether (sulfide) groups is 1. The van der Waals surface area contributed by atoms with Crippen molar-refractivity contribution in [3.63, 3.8) is 0 Å². The van der Waals surface area contributed by atoms with Gasteiger partial charge in [-0.3, -0.25) is 9.36 Å². The van der Waals surface area contributed by atoms with Gasteiger partial charge in [0.2, 0.25) is 5.91 Å². The summed E-state index contributed by atoms with van der Waals surface area (Å²) < 4.78 is 22.2. The van der Waals surface area contributed by atoms with E-state index in [9.17, 15) is 9.18 Å². The van der Waals surface area contributed by atoms with Gasteiger partial charge >= 0.3 is 0 Å². The molecule has 1 aromatic heterocycles. The first-order valence-corrected chi connectivity index (χ1v) is 11.8. The van der Waals surface area contributed by atoms with Crippen molar-refractivity contribution in [1.29, 1.82) is 0 Å². The molecule has 0 saturated heterocycles. The Labute approximate surface area is 199 Å². The van der Waals surface area contributed by atoms with Crippen LogP contribution in [0.15, 0.2) is 64.7 Å². The van der Waals surface area contributed by atoms with Crippen molar-refractivity contribution in [2.75, 3.05) is 11.1 Å². The largest absolute Gasteiger partial charge is 0.486 e. The summed E-state index contributed by atoms with van der Waals surface area (Å²) in [6.07, 6.45) is 1.73. The number of anilines is 1. The fourth-order valence-electron chi connectivity index (χ4n) is 2.85. The molecule has 0 saturated carbocycles. The maximum absolute atomic E-state index is 13.9. The molecule has 1 N–H and O–H groups in total. The summed E-state index contributed by atoms with van der Waals surface area (Å²) in [6, 6.07) is 12.4. The van der Waals surface area contributed by atoms with Gasteiger partial charge < -0.3 is 10.1 Å². The minimum Gasteiger partial charge on any atom is -0.486 e. The van der Waals surface area contributed by atoms with Crippen molar-refractivity contribution >= 4 is 39.3 Å². The second kappa shape index (κ2) is 11.3. The number of hydrogen-bond acceptors (Lipinski definition) is 5. The lowest BCUT2D eigenvalue weighted by atomic mass is 10.0. The summed E-state index contributed by atoms with van der Waals surface area (Å²) in [7, 11) is 0. The third-order valence-electron chi connectivity index (χ3n) is 4.56. The molecular formula is C23H24BrFN4O2S. The van der Waals surface area contributed by atoms with Crippen LogP contribution >= 0.6 is 27.7 Å². The van der Waals surface area contributed by atoms with Crippen molar-refractivity contribution in [2.45, 2.75) is 38.1 Å². The molecule has 0 aliphatic carbocycles. The summed E-state index contributed by atoms with van der Waals surface area (Å²) in [5, 5.41) is 11.5. The predicted molar refractivity (Wildman–Crippen MR) is 129 cm³/mol. The highest BCUT2D eigenvalue weighted by molar-refractivity contribution is 9.10. The van der Waals surface area contributed by atoms with E-state index in [-0.39, 0.29) is 24.0 Å². The Hall–Kier alpha value is -2.65. The lowest BCUT2D eigenvalue weighted by molar-refractivity contribution is -0.113. The number of carbonyl (C=O) groups is 1. The van der Waals surface area contributed by atoms with E-state index in [0.717, 1.165) is 5.75 Å². The molecule has 1 heterocycles. The van der Waals surface area contributed by atoms with Crippen molar-refractivity contribution in [2.24, 2.45) is 0 Å². The molecule has 32 heavy (non-hydrogen) atoms. The molecule has 0 aliphatic rings. The number of hydrogen-bond donors (Lipinski definition) is 1. The van der Waals surface area contributed by atoms with Crippen LogP contribution in [0, 0.1) is 5.82 Å². The number of aromatic nitrogens is 3. The van der Waals surface area contributed by atoms with Crippen LogP contribution in [0.25, 0.3) is 0 Å². The van der Waals surface area contributed by atoms with Crippen LogP contribution < -0.4 is 10.1 Å². The quantitative estimate of drug-likeness (QED) is 0.271. The number of amides is 1. The topological polar surface area (TPSA) is 69.0 Å². The molecular weight excluding hydrogens is 495 g/mol. The van der Waals surface area contributed by atoms with Crippen LogP contribution in [0.3, 0.4) is 0 Å². The zero-order valence-electron chi connectivity index (χ0n) is 17.8. The molecule has 0 aliphatic heterocycles. The molecule has 3 aromatic rings. The fourth-order valence-corrected chi connectivity index (χ4v) is 3.95. The summed E-state index contributed by atoms with van der Waals surface area (Å²) in [4.78, 5) is 12.3. The number of benzene rings is 2. The lowest BCUT2D eigenvalue weighted by Gasteiger charge is -2.10. The SMILES string of the molecule is C=CCn1c(COc2ccc(C(C)C)cc2)nnc1SCC(=O)Nc1ccc(Br)cc1F. The molecule has 1 amide bonds. The van der Waals surface area contributed by atoms with E-state index in [4.69, 9.17) is 4.74 Å². The van der Waals surface area contributed by atoms with Gasteiger partial charge in [0.05, 0.1) is 11.4 Å². The van der Waals surface area contributed by atoms with Gasteiger partial charge in [0.25, 0.3) is 0 Å². The number of allylic oxidation sites excluding steroid dienone is 1. The van der Waals surface area contributed by atoms with Crippen molar-refractivity contribution in [3.8, 4) is 5.75 Å². The van der Waals surface area contributed by atoms with Gasteiger partial charge in [-0.25, -0.2) is 4.39 Å². The Morgan fingerprint density at radius 1 is 1.28 bits per heavy atom. The Kier molecular flexibility index (Phi) is 8.46. The molecule has 0 spiro atoms. The number of ether oxygens (including phenoxy) is 1. The van der Waals surface area contributed by atoms with E-state index < -0.39 is 5.82 Å². The molecule has 6 nitrogen and oxygen atoms in total. The highest BCUT2D eigenvalue weighted by Gasteiger charge is 2.15. The minimum absolute atomic E-state index is 0.0578. The van der Waals surface area contributed by atoms with Crippen LogP contribution in [0.2, 0.25) is 0 Å². The number of nitrogens with one attached hydrogen (secondary N) is 1. The van der Waals surface area contributed by atoms with Crippen LogP contribution in [0.4, 0.5) is 10.1 Å². The van der Waals surface area contributed by atoms with Gasteiger partial charge in [-0.2, -0.15) is 0 Å². The molecule has 0 atom stereocenters. The molecule has 0 fully saturated rings. The fraction of sp³-hybridized carbons (Fsp3) is 0.261. The van der Waals surface area contributed by atoms with E-state index >= 15 is 0 Å². The van der Waals surface area contributed by atoms with Gasteiger partial charge in [-0.05, 0) is 41.8 Å². The van der Waals surface area contributed by atoms with Crippen LogP contribution in [0.1, 0.15) is 31.2 Å². The second-order valence-corrected chi connectivity index (χ2v) is 9.13. The first-order chi connectivity index (χ1) is 15.4. The van der Waals surface area contributed by atoms with Gasteiger partial charge in [0.1, 0.15) is 18.2 Å². The Balaban J connectivity index is 1.61.